The highest BCUT2D eigenvalue weighted by atomic mass is 16.7. The van der Waals surface area contributed by atoms with Gasteiger partial charge in [-0.2, -0.15) is 0 Å². The van der Waals surface area contributed by atoms with Crippen molar-refractivity contribution in [3.05, 3.63) is 39.9 Å². The number of hydrogen-bond acceptors (Lipinski definition) is 5. The molecule has 0 amide bonds. The van der Waals surface area contributed by atoms with Crippen LogP contribution in [0.3, 0.4) is 0 Å². The largest absolute Gasteiger partial charge is 0.468 e. The SMILES string of the molecule is CNC.COCOc1ccc(C[C@H](C)[N+](=O)[O-])cc1. The summed E-state index contributed by atoms with van der Waals surface area (Å²) in [6.45, 7) is 1.79. The van der Waals surface area contributed by atoms with Crippen molar-refractivity contribution in [3.8, 4) is 5.75 Å². The minimum atomic E-state index is -0.564. The van der Waals surface area contributed by atoms with Gasteiger partial charge in [0.05, 0.1) is 0 Å². The molecule has 1 N–H and O–H groups in total. The van der Waals surface area contributed by atoms with E-state index in [0.29, 0.717) is 12.2 Å². The molecule has 0 unspecified atom stereocenters. The second-order valence-electron chi connectivity index (χ2n) is 4.03. The molecule has 0 saturated heterocycles. The Morgan fingerprint density at radius 2 is 1.84 bits per heavy atom. The Bertz CT molecular complexity index is 354. The van der Waals surface area contributed by atoms with Crippen molar-refractivity contribution in [2.45, 2.75) is 19.4 Å². The number of hydrogen-bond donors (Lipinski definition) is 1. The van der Waals surface area contributed by atoms with E-state index < -0.39 is 6.04 Å². The van der Waals surface area contributed by atoms with Crippen molar-refractivity contribution < 1.29 is 14.4 Å². The van der Waals surface area contributed by atoms with Crippen molar-refractivity contribution in [1.29, 1.82) is 0 Å². The summed E-state index contributed by atoms with van der Waals surface area (Å²) in [7, 11) is 5.30. The zero-order chi connectivity index (χ0) is 14.7. The molecule has 19 heavy (non-hydrogen) atoms. The second-order valence-corrected chi connectivity index (χ2v) is 4.03. The Balaban J connectivity index is 0.000000982. The van der Waals surface area contributed by atoms with Crippen molar-refractivity contribution in [1.82, 2.24) is 5.32 Å². The summed E-state index contributed by atoms with van der Waals surface area (Å²) < 4.78 is 9.97. The molecule has 0 saturated carbocycles. The van der Waals surface area contributed by atoms with Crippen LogP contribution in [0.4, 0.5) is 0 Å². The van der Waals surface area contributed by atoms with Gasteiger partial charge in [0, 0.05) is 25.4 Å². The lowest BCUT2D eigenvalue weighted by atomic mass is 10.1. The minimum absolute atomic E-state index is 0.199. The minimum Gasteiger partial charge on any atom is -0.468 e. The normalized spacial score (nSPS) is 11.2. The first-order valence-corrected chi connectivity index (χ1v) is 5.97. The molecule has 6 nitrogen and oxygen atoms in total. The van der Waals surface area contributed by atoms with Crippen LogP contribution in [0.15, 0.2) is 24.3 Å². The molecule has 0 bridgehead atoms. The standard InChI is InChI=1S/C11H15NO4.C2H7N/c1-9(12(13)14)7-10-3-5-11(6-4-10)16-8-15-2;1-3-2/h3-6,9H,7-8H2,1-2H3;3H,1-2H3/t9-;/m0./s1. The summed E-state index contributed by atoms with van der Waals surface area (Å²) in [5.74, 6) is 0.694. The summed E-state index contributed by atoms with van der Waals surface area (Å²) in [5.41, 5.74) is 0.925. The molecule has 0 aliphatic carbocycles. The van der Waals surface area contributed by atoms with E-state index in [2.05, 4.69) is 5.32 Å². The third kappa shape index (κ3) is 8.12. The quantitative estimate of drug-likeness (QED) is 0.484. The lowest BCUT2D eigenvalue weighted by Gasteiger charge is -2.06. The van der Waals surface area contributed by atoms with E-state index in [1.807, 2.05) is 26.2 Å². The molecule has 1 rings (SSSR count). The van der Waals surface area contributed by atoms with Crippen LogP contribution < -0.4 is 10.1 Å². The fourth-order valence-electron chi connectivity index (χ4n) is 1.26. The van der Waals surface area contributed by atoms with Crippen LogP contribution in [0.1, 0.15) is 12.5 Å². The zero-order valence-electron chi connectivity index (χ0n) is 11.9. The fourth-order valence-corrected chi connectivity index (χ4v) is 1.26. The van der Waals surface area contributed by atoms with Crippen LogP contribution in [-0.2, 0) is 11.2 Å². The second kappa shape index (κ2) is 10.3. The monoisotopic (exact) mass is 270 g/mol. The van der Waals surface area contributed by atoms with Crippen LogP contribution in [0.25, 0.3) is 0 Å². The summed E-state index contributed by atoms with van der Waals surface area (Å²) in [4.78, 5) is 10.2. The van der Waals surface area contributed by atoms with Gasteiger partial charge in [0.15, 0.2) is 6.79 Å². The van der Waals surface area contributed by atoms with Crippen LogP contribution in [0.5, 0.6) is 5.75 Å². The first-order valence-electron chi connectivity index (χ1n) is 5.97. The molecule has 6 heteroatoms. The molecule has 0 heterocycles. The van der Waals surface area contributed by atoms with E-state index in [9.17, 15) is 10.1 Å². The molecule has 1 aromatic rings. The van der Waals surface area contributed by atoms with Crippen LogP contribution in [0.2, 0.25) is 0 Å². The Hall–Kier alpha value is -1.66. The van der Waals surface area contributed by atoms with Gasteiger partial charge in [0.2, 0.25) is 6.04 Å². The van der Waals surface area contributed by atoms with Crippen LogP contribution in [-0.4, -0.2) is 39.0 Å². The molecular formula is C13H22N2O4. The van der Waals surface area contributed by atoms with Gasteiger partial charge in [0.1, 0.15) is 5.75 Å². The smallest absolute Gasteiger partial charge is 0.214 e. The van der Waals surface area contributed by atoms with E-state index >= 15 is 0 Å². The molecule has 0 aromatic heterocycles. The first-order chi connectivity index (χ1) is 9.04. The number of rotatable bonds is 6. The summed E-state index contributed by atoms with van der Waals surface area (Å²) in [6.07, 6.45) is 0.428. The number of nitrogens with zero attached hydrogens (tertiary/aromatic N) is 1. The maximum atomic E-state index is 10.5. The average Bonchev–Trinajstić information content (AvgIpc) is 2.38. The molecule has 1 aromatic carbocycles. The number of nitrogens with one attached hydrogen (secondary N) is 1. The highest BCUT2D eigenvalue weighted by molar-refractivity contribution is 5.27. The van der Waals surface area contributed by atoms with Crippen molar-refractivity contribution in [3.63, 3.8) is 0 Å². The molecule has 0 aliphatic rings. The van der Waals surface area contributed by atoms with E-state index in [0.717, 1.165) is 5.56 Å². The molecule has 0 radical (unpaired) electrons. The molecule has 0 spiro atoms. The van der Waals surface area contributed by atoms with Gasteiger partial charge < -0.3 is 14.8 Å². The van der Waals surface area contributed by atoms with Gasteiger partial charge >= 0.3 is 0 Å². The van der Waals surface area contributed by atoms with E-state index in [-0.39, 0.29) is 11.7 Å². The number of benzene rings is 1. The first kappa shape index (κ1) is 17.3. The summed E-state index contributed by atoms with van der Waals surface area (Å²) in [6, 6.07) is 6.64. The predicted octanol–water partition coefficient (Wildman–Crippen LogP) is 1.71. The van der Waals surface area contributed by atoms with Gasteiger partial charge in [-0.3, -0.25) is 10.1 Å². The van der Waals surface area contributed by atoms with Crippen LogP contribution in [0, 0.1) is 10.1 Å². The topological polar surface area (TPSA) is 73.6 Å². The number of nitro groups is 1. The van der Waals surface area contributed by atoms with Crippen LogP contribution >= 0.6 is 0 Å². The average molecular weight is 270 g/mol. The maximum Gasteiger partial charge on any atom is 0.214 e. The highest BCUT2D eigenvalue weighted by Crippen LogP contribution is 2.13. The Kier molecular flexibility index (Phi) is 9.38. The van der Waals surface area contributed by atoms with Gasteiger partial charge in [0.25, 0.3) is 0 Å². The number of methoxy groups -OCH3 is 1. The lowest BCUT2D eigenvalue weighted by Crippen LogP contribution is -2.17. The van der Waals surface area contributed by atoms with Gasteiger partial charge in [-0.05, 0) is 31.8 Å². The maximum absolute atomic E-state index is 10.5. The van der Waals surface area contributed by atoms with Gasteiger partial charge in [-0.15, -0.1) is 0 Å². The predicted molar refractivity (Wildman–Crippen MR) is 74.1 cm³/mol. The lowest BCUT2D eigenvalue weighted by molar-refractivity contribution is -0.517. The Morgan fingerprint density at radius 1 is 1.32 bits per heavy atom. The molecule has 0 fully saturated rings. The van der Waals surface area contributed by atoms with Crippen molar-refractivity contribution in [2.24, 2.45) is 0 Å². The third-order valence-electron chi connectivity index (χ3n) is 2.16. The van der Waals surface area contributed by atoms with E-state index in [1.165, 1.54) is 0 Å². The number of ether oxygens (including phenoxy) is 2. The molecule has 1 atom stereocenters. The molecule has 0 aliphatic heterocycles. The Morgan fingerprint density at radius 3 is 2.26 bits per heavy atom. The fraction of sp³-hybridized carbons (Fsp3) is 0.538. The zero-order valence-corrected chi connectivity index (χ0v) is 11.9. The van der Waals surface area contributed by atoms with E-state index in [4.69, 9.17) is 9.47 Å². The molecular weight excluding hydrogens is 248 g/mol. The summed E-state index contributed by atoms with van der Waals surface area (Å²) in [5, 5.41) is 13.2. The van der Waals surface area contributed by atoms with Crippen molar-refractivity contribution in [2.75, 3.05) is 28.0 Å². The third-order valence-corrected chi connectivity index (χ3v) is 2.16. The van der Waals surface area contributed by atoms with Gasteiger partial charge in [-0.1, -0.05) is 12.1 Å². The van der Waals surface area contributed by atoms with Gasteiger partial charge in [-0.25, -0.2) is 0 Å². The Labute approximate surface area is 113 Å². The molecule has 108 valence electrons. The van der Waals surface area contributed by atoms with E-state index in [1.54, 1.807) is 26.2 Å². The van der Waals surface area contributed by atoms with Crippen molar-refractivity contribution >= 4 is 0 Å². The highest BCUT2D eigenvalue weighted by Gasteiger charge is 2.13. The summed E-state index contributed by atoms with van der Waals surface area (Å²) >= 11 is 0.